The van der Waals surface area contributed by atoms with Crippen molar-refractivity contribution >= 4 is 46.4 Å². The van der Waals surface area contributed by atoms with E-state index >= 15 is 0 Å². The van der Waals surface area contributed by atoms with Crippen LogP contribution >= 0.6 is 23.5 Å². The second-order valence-corrected chi connectivity index (χ2v) is 7.88. The van der Waals surface area contributed by atoms with Crippen molar-refractivity contribution < 1.29 is 9.53 Å². The minimum absolute atomic E-state index is 0.0420. The molecule has 1 heterocycles. The number of amides is 1. The number of carbonyl (C=O) groups is 1. The number of ether oxygens (including phenoxy) is 1. The third-order valence-electron chi connectivity index (χ3n) is 3.91. The molecule has 1 amide bonds. The van der Waals surface area contributed by atoms with Gasteiger partial charge in [-0.1, -0.05) is 25.1 Å². The molecule has 1 saturated heterocycles. The number of amidine groups is 1. The third kappa shape index (κ3) is 4.96. The first-order valence-electron chi connectivity index (χ1n) is 8.74. The Morgan fingerprint density at radius 1 is 1.22 bits per heavy atom. The van der Waals surface area contributed by atoms with E-state index in [1.54, 1.807) is 23.7 Å². The summed E-state index contributed by atoms with van der Waals surface area (Å²) in [5.41, 5.74) is 1.79. The summed E-state index contributed by atoms with van der Waals surface area (Å²) in [7, 11) is 1.76. The van der Waals surface area contributed by atoms with Crippen LogP contribution in [-0.2, 0) is 4.79 Å². The summed E-state index contributed by atoms with van der Waals surface area (Å²) in [6.07, 6.45) is 4.89. The first kappa shape index (κ1) is 19.6. The van der Waals surface area contributed by atoms with E-state index in [2.05, 4.69) is 11.9 Å². The number of nitrogens with zero attached hydrogens (tertiary/aromatic N) is 2. The predicted molar refractivity (Wildman–Crippen MR) is 116 cm³/mol. The Bertz CT molecular complexity index is 893. The summed E-state index contributed by atoms with van der Waals surface area (Å²) in [6.45, 7) is 2.76. The van der Waals surface area contributed by atoms with Crippen molar-refractivity contribution in [2.24, 2.45) is 4.99 Å². The minimum atomic E-state index is -0.0420. The highest BCUT2D eigenvalue weighted by atomic mass is 32.2. The summed E-state index contributed by atoms with van der Waals surface area (Å²) in [6, 6.07) is 15.8. The Kier molecular flexibility index (Phi) is 6.63. The number of likely N-dealkylation sites (N-methyl/N-ethyl adjacent to an activating group) is 1. The molecule has 0 unspecified atom stereocenters. The van der Waals surface area contributed by atoms with E-state index in [1.807, 2.05) is 60.9 Å². The molecule has 0 saturated carbocycles. The molecular formula is C21H22N2O2S2. The fourth-order valence-electron chi connectivity index (χ4n) is 2.51. The van der Waals surface area contributed by atoms with Crippen LogP contribution in [0, 0.1) is 0 Å². The van der Waals surface area contributed by atoms with Gasteiger partial charge in [0.05, 0.1) is 17.2 Å². The van der Waals surface area contributed by atoms with Gasteiger partial charge in [0.2, 0.25) is 0 Å². The van der Waals surface area contributed by atoms with E-state index in [0.717, 1.165) is 28.3 Å². The Balaban J connectivity index is 1.83. The minimum Gasteiger partial charge on any atom is -0.494 e. The zero-order valence-corrected chi connectivity index (χ0v) is 17.3. The van der Waals surface area contributed by atoms with Crippen molar-refractivity contribution in [2.45, 2.75) is 18.2 Å². The van der Waals surface area contributed by atoms with Crippen LogP contribution in [0.3, 0.4) is 0 Å². The maximum absolute atomic E-state index is 12.6. The van der Waals surface area contributed by atoms with E-state index in [9.17, 15) is 4.79 Å². The molecule has 0 bridgehead atoms. The number of hydrogen-bond acceptors (Lipinski definition) is 5. The highest BCUT2D eigenvalue weighted by Gasteiger charge is 2.30. The van der Waals surface area contributed by atoms with Crippen molar-refractivity contribution in [1.82, 2.24) is 4.90 Å². The zero-order chi connectivity index (χ0) is 19.2. The average Bonchev–Trinajstić information content (AvgIpc) is 2.94. The highest BCUT2D eigenvalue weighted by Crippen LogP contribution is 2.34. The zero-order valence-electron chi connectivity index (χ0n) is 15.6. The number of rotatable bonds is 6. The van der Waals surface area contributed by atoms with Gasteiger partial charge in [0.1, 0.15) is 5.75 Å². The second kappa shape index (κ2) is 9.15. The van der Waals surface area contributed by atoms with Gasteiger partial charge in [0.15, 0.2) is 5.17 Å². The lowest BCUT2D eigenvalue weighted by atomic mass is 10.2. The molecule has 2 aromatic rings. The summed E-state index contributed by atoms with van der Waals surface area (Å²) < 4.78 is 5.67. The van der Waals surface area contributed by atoms with Gasteiger partial charge in [-0.3, -0.25) is 9.69 Å². The molecule has 0 aromatic heterocycles. The highest BCUT2D eigenvalue weighted by molar-refractivity contribution is 8.18. The normalized spacial score (nSPS) is 17.1. The van der Waals surface area contributed by atoms with Crippen molar-refractivity contribution in [2.75, 3.05) is 19.9 Å². The number of hydrogen-bond donors (Lipinski definition) is 0. The van der Waals surface area contributed by atoms with Gasteiger partial charge in [-0.2, -0.15) is 0 Å². The van der Waals surface area contributed by atoms with E-state index in [-0.39, 0.29) is 5.91 Å². The lowest BCUT2D eigenvalue weighted by Crippen LogP contribution is -2.23. The molecule has 0 spiro atoms. The monoisotopic (exact) mass is 398 g/mol. The molecule has 0 aliphatic carbocycles. The molecule has 0 atom stereocenters. The van der Waals surface area contributed by atoms with Crippen LogP contribution < -0.4 is 4.74 Å². The molecule has 140 valence electrons. The van der Waals surface area contributed by atoms with E-state index in [0.29, 0.717) is 16.7 Å². The van der Waals surface area contributed by atoms with Crippen molar-refractivity contribution in [3.8, 4) is 5.75 Å². The number of benzene rings is 2. The Morgan fingerprint density at radius 2 is 2.04 bits per heavy atom. The van der Waals surface area contributed by atoms with E-state index in [1.165, 1.54) is 11.8 Å². The van der Waals surface area contributed by atoms with Gasteiger partial charge in [-0.25, -0.2) is 4.99 Å². The molecule has 1 aliphatic rings. The SMILES string of the molecule is CCCOc1cccc(/C=C2/SC(=Nc3cccc(SC)c3)N(C)C2=O)c1. The topological polar surface area (TPSA) is 41.9 Å². The smallest absolute Gasteiger partial charge is 0.266 e. The fraction of sp³-hybridized carbons (Fsp3) is 0.238. The van der Waals surface area contributed by atoms with Gasteiger partial charge in [0.25, 0.3) is 5.91 Å². The largest absolute Gasteiger partial charge is 0.494 e. The van der Waals surface area contributed by atoms with Crippen LogP contribution in [0.5, 0.6) is 5.75 Å². The van der Waals surface area contributed by atoms with Crippen LogP contribution in [0.2, 0.25) is 0 Å². The fourth-order valence-corrected chi connectivity index (χ4v) is 3.95. The standard InChI is InChI=1S/C21H22N2O2S2/c1-4-11-25-17-9-5-7-15(12-17)13-19-20(24)23(2)21(27-19)22-16-8-6-10-18(14-16)26-3/h5-10,12-14H,4,11H2,1-3H3/b19-13+,22-21?. The molecule has 3 rings (SSSR count). The Labute approximate surface area is 168 Å². The first-order chi connectivity index (χ1) is 13.1. The van der Waals surface area contributed by atoms with Crippen molar-refractivity contribution in [3.63, 3.8) is 0 Å². The summed E-state index contributed by atoms with van der Waals surface area (Å²) in [4.78, 5) is 20.7. The summed E-state index contributed by atoms with van der Waals surface area (Å²) in [5.74, 6) is 0.775. The number of thioether (sulfide) groups is 2. The van der Waals surface area contributed by atoms with Crippen molar-refractivity contribution in [3.05, 3.63) is 59.0 Å². The lowest BCUT2D eigenvalue weighted by molar-refractivity contribution is -0.121. The molecule has 1 aliphatic heterocycles. The van der Waals surface area contributed by atoms with Gasteiger partial charge in [-0.15, -0.1) is 11.8 Å². The molecule has 2 aromatic carbocycles. The molecule has 0 N–H and O–H groups in total. The first-order valence-corrected chi connectivity index (χ1v) is 10.8. The van der Waals surface area contributed by atoms with Crippen LogP contribution in [0.1, 0.15) is 18.9 Å². The number of aliphatic imine (C=N–C) groups is 1. The molecule has 6 heteroatoms. The predicted octanol–water partition coefficient (Wildman–Crippen LogP) is 5.43. The van der Waals surface area contributed by atoms with Gasteiger partial charge >= 0.3 is 0 Å². The molecule has 1 fully saturated rings. The molecule has 0 radical (unpaired) electrons. The lowest BCUT2D eigenvalue weighted by Gasteiger charge is -2.07. The van der Waals surface area contributed by atoms with Crippen LogP contribution in [0.25, 0.3) is 6.08 Å². The molecule has 27 heavy (non-hydrogen) atoms. The van der Waals surface area contributed by atoms with Crippen LogP contribution in [0.15, 0.2) is 63.3 Å². The molecular weight excluding hydrogens is 376 g/mol. The van der Waals surface area contributed by atoms with E-state index in [4.69, 9.17) is 4.74 Å². The van der Waals surface area contributed by atoms with E-state index < -0.39 is 0 Å². The van der Waals surface area contributed by atoms with Crippen LogP contribution in [-0.4, -0.2) is 35.9 Å². The summed E-state index contributed by atoms with van der Waals surface area (Å²) >= 11 is 3.07. The second-order valence-electron chi connectivity index (χ2n) is 5.99. The van der Waals surface area contributed by atoms with Gasteiger partial charge in [0, 0.05) is 11.9 Å². The maximum Gasteiger partial charge on any atom is 0.266 e. The maximum atomic E-state index is 12.6. The van der Waals surface area contributed by atoms with Gasteiger partial charge < -0.3 is 4.74 Å². The summed E-state index contributed by atoms with van der Waals surface area (Å²) in [5, 5.41) is 0.683. The quantitative estimate of drug-likeness (QED) is 0.480. The molecule has 4 nitrogen and oxygen atoms in total. The van der Waals surface area contributed by atoms with Crippen molar-refractivity contribution in [1.29, 1.82) is 0 Å². The number of carbonyl (C=O) groups excluding carboxylic acids is 1. The Morgan fingerprint density at radius 3 is 2.81 bits per heavy atom. The Hall–Kier alpha value is -2.18. The average molecular weight is 399 g/mol. The third-order valence-corrected chi connectivity index (χ3v) is 5.70. The van der Waals surface area contributed by atoms with Crippen LogP contribution in [0.4, 0.5) is 5.69 Å². The van der Waals surface area contributed by atoms with Gasteiger partial charge in [-0.05, 0) is 66.4 Å².